The smallest absolute Gasteiger partial charge is 0.306 e. The molecule has 0 saturated carbocycles. The maximum atomic E-state index is 12.9. The molecule has 0 aliphatic rings. The highest BCUT2D eigenvalue weighted by Gasteiger charge is 2.19. The first-order chi connectivity index (χ1) is 38.0. The Labute approximate surface area is 475 Å². The van der Waals surface area contributed by atoms with Gasteiger partial charge in [-0.2, -0.15) is 0 Å². The quantitative estimate of drug-likeness (QED) is 0.0261. The standard InChI is InChI=1S/C71H118O6/c1-4-7-10-13-16-19-22-25-28-30-31-32-33-34-35-36-37-38-39-41-43-46-49-52-55-58-61-64-70(73)76-67-68(66-75-69(72)63-60-57-54-51-48-45-42-27-24-21-18-15-12-9-6-3)77-71(74)65-62-59-56-53-50-47-44-40-29-26-23-20-17-14-11-8-5-2/h7-8,10-11,16-17,19-20,25-29,31-32,42,44,47,53,56,68H,4-6,9,12-15,18,21-24,30,33-41,43,45-46,48-52,54-55,57-67H2,1-3H3/b10-7-,11-8-,19-16-,20-17-,28-25-,29-26-,32-31-,42-27-,47-44-,56-53-. The highest BCUT2D eigenvalue weighted by molar-refractivity contribution is 5.71. The Morgan fingerprint density at radius 1 is 0.273 bits per heavy atom. The Hall–Kier alpha value is -4.19. The number of allylic oxidation sites excluding steroid dienone is 20. The first-order valence-corrected chi connectivity index (χ1v) is 32.0. The number of ether oxygens (including phenoxy) is 3. The number of hydrogen-bond acceptors (Lipinski definition) is 6. The van der Waals surface area contributed by atoms with Crippen LogP contribution in [-0.4, -0.2) is 37.2 Å². The van der Waals surface area contributed by atoms with Gasteiger partial charge in [-0.3, -0.25) is 14.4 Å². The summed E-state index contributed by atoms with van der Waals surface area (Å²) in [5.41, 5.74) is 0. The van der Waals surface area contributed by atoms with E-state index < -0.39 is 6.10 Å². The highest BCUT2D eigenvalue weighted by atomic mass is 16.6. The zero-order chi connectivity index (χ0) is 55.7. The Kier molecular flexibility index (Phi) is 60.8. The Bertz CT molecular complexity index is 1600. The van der Waals surface area contributed by atoms with Crippen LogP contribution in [-0.2, 0) is 28.6 Å². The average Bonchev–Trinajstić information content (AvgIpc) is 3.43. The van der Waals surface area contributed by atoms with Gasteiger partial charge in [0.2, 0.25) is 0 Å². The number of hydrogen-bond donors (Lipinski definition) is 0. The molecule has 0 aromatic heterocycles. The van der Waals surface area contributed by atoms with Crippen LogP contribution in [0.15, 0.2) is 122 Å². The molecule has 0 N–H and O–H groups in total. The van der Waals surface area contributed by atoms with Crippen molar-refractivity contribution < 1.29 is 28.6 Å². The molecule has 6 nitrogen and oxygen atoms in total. The van der Waals surface area contributed by atoms with E-state index in [2.05, 4.69) is 142 Å². The van der Waals surface area contributed by atoms with E-state index in [9.17, 15) is 14.4 Å². The van der Waals surface area contributed by atoms with Gasteiger partial charge in [-0.1, -0.05) is 271 Å². The summed E-state index contributed by atoms with van der Waals surface area (Å²) in [4.78, 5) is 38.3. The van der Waals surface area contributed by atoms with Crippen molar-refractivity contribution in [2.45, 2.75) is 297 Å². The third-order valence-electron chi connectivity index (χ3n) is 13.4. The third kappa shape index (κ3) is 62.5. The van der Waals surface area contributed by atoms with Crippen LogP contribution >= 0.6 is 0 Å². The maximum absolute atomic E-state index is 12.9. The number of carbonyl (C=O) groups is 3. The highest BCUT2D eigenvalue weighted by Crippen LogP contribution is 2.16. The SMILES string of the molecule is CC/C=C\C/C=C\C/C=C\C/C=C\C/C=C\CCCC(=O)OC(COC(=O)CCCCCCC/C=C\CCCCCCCC)COC(=O)CCCCCCCCCCCCCCCC/C=C\C/C=C\C/C=C\C/C=C\CC. The van der Waals surface area contributed by atoms with Gasteiger partial charge in [-0.05, 0) is 122 Å². The Balaban J connectivity index is 4.37. The molecule has 438 valence electrons. The molecule has 0 aliphatic carbocycles. The summed E-state index contributed by atoms with van der Waals surface area (Å²) >= 11 is 0. The van der Waals surface area contributed by atoms with Gasteiger partial charge in [-0.15, -0.1) is 0 Å². The molecule has 0 aromatic rings. The van der Waals surface area contributed by atoms with E-state index in [1.807, 2.05) is 0 Å². The molecule has 1 unspecified atom stereocenters. The van der Waals surface area contributed by atoms with Gasteiger partial charge >= 0.3 is 17.9 Å². The number of esters is 3. The molecule has 1 atom stereocenters. The van der Waals surface area contributed by atoms with E-state index in [0.717, 1.165) is 116 Å². The monoisotopic (exact) mass is 1070 g/mol. The molecule has 0 fully saturated rings. The lowest BCUT2D eigenvalue weighted by molar-refractivity contribution is -0.167. The summed E-state index contributed by atoms with van der Waals surface area (Å²) in [6.45, 7) is 6.37. The molecule has 0 spiro atoms. The van der Waals surface area contributed by atoms with Crippen molar-refractivity contribution in [2.75, 3.05) is 13.2 Å². The summed E-state index contributed by atoms with van der Waals surface area (Å²) in [5, 5.41) is 0. The summed E-state index contributed by atoms with van der Waals surface area (Å²) in [7, 11) is 0. The first kappa shape index (κ1) is 72.8. The average molecular weight is 1070 g/mol. The van der Waals surface area contributed by atoms with Gasteiger partial charge in [0.25, 0.3) is 0 Å². The van der Waals surface area contributed by atoms with Crippen LogP contribution in [0.25, 0.3) is 0 Å². The van der Waals surface area contributed by atoms with E-state index in [4.69, 9.17) is 14.2 Å². The van der Waals surface area contributed by atoms with Crippen molar-refractivity contribution >= 4 is 17.9 Å². The van der Waals surface area contributed by atoms with Crippen LogP contribution in [0, 0.1) is 0 Å². The molecule has 0 radical (unpaired) electrons. The van der Waals surface area contributed by atoms with Crippen LogP contribution in [0.4, 0.5) is 0 Å². The predicted molar refractivity (Wildman–Crippen MR) is 334 cm³/mol. The topological polar surface area (TPSA) is 78.9 Å². The van der Waals surface area contributed by atoms with Crippen molar-refractivity contribution in [1.82, 2.24) is 0 Å². The number of unbranched alkanes of at least 4 members (excludes halogenated alkanes) is 26. The van der Waals surface area contributed by atoms with Gasteiger partial charge in [0.05, 0.1) is 0 Å². The minimum atomic E-state index is -0.815. The zero-order valence-corrected chi connectivity index (χ0v) is 50.2. The molecule has 0 bridgehead atoms. The van der Waals surface area contributed by atoms with Crippen molar-refractivity contribution in [1.29, 1.82) is 0 Å². The third-order valence-corrected chi connectivity index (χ3v) is 13.4. The second-order valence-corrected chi connectivity index (χ2v) is 20.9. The van der Waals surface area contributed by atoms with Gasteiger partial charge in [0.15, 0.2) is 6.10 Å². The van der Waals surface area contributed by atoms with E-state index in [-0.39, 0.29) is 37.5 Å². The van der Waals surface area contributed by atoms with Crippen LogP contribution in [0.5, 0.6) is 0 Å². The fourth-order valence-corrected chi connectivity index (χ4v) is 8.70. The maximum Gasteiger partial charge on any atom is 0.306 e. The van der Waals surface area contributed by atoms with Crippen molar-refractivity contribution in [3.63, 3.8) is 0 Å². The lowest BCUT2D eigenvalue weighted by Crippen LogP contribution is -2.30. The van der Waals surface area contributed by atoms with Crippen molar-refractivity contribution in [3.05, 3.63) is 122 Å². The molecule has 77 heavy (non-hydrogen) atoms. The van der Waals surface area contributed by atoms with Gasteiger partial charge in [-0.25, -0.2) is 0 Å². The van der Waals surface area contributed by atoms with E-state index >= 15 is 0 Å². The molecule has 0 heterocycles. The molecule has 0 aliphatic heterocycles. The molecule has 0 aromatic carbocycles. The minimum Gasteiger partial charge on any atom is -0.462 e. The van der Waals surface area contributed by atoms with Crippen molar-refractivity contribution in [3.8, 4) is 0 Å². The molecule has 0 amide bonds. The normalized spacial score (nSPS) is 12.9. The Morgan fingerprint density at radius 3 is 0.844 bits per heavy atom. The van der Waals surface area contributed by atoms with Gasteiger partial charge in [0, 0.05) is 19.3 Å². The van der Waals surface area contributed by atoms with Gasteiger partial charge in [0.1, 0.15) is 13.2 Å². The van der Waals surface area contributed by atoms with Crippen LogP contribution in [0.1, 0.15) is 290 Å². The Morgan fingerprint density at radius 2 is 0.519 bits per heavy atom. The largest absolute Gasteiger partial charge is 0.462 e. The van der Waals surface area contributed by atoms with Crippen LogP contribution in [0.3, 0.4) is 0 Å². The lowest BCUT2D eigenvalue weighted by Gasteiger charge is -2.18. The summed E-state index contributed by atoms with van der Waals surface area (Å²) < 4.78 is 16.9. The van der Waals surface area contributed by atoms with Gasteiger partial charge < -0.3 is 14.2 Å². The lowest BCUT2D eigenvalue weighted by atomic mass is 10.0. The summed E-state index contributed by atoms with van der Waals surface area (Å²) in [6, 6.07) is 0. The molecule has 0 saturated heterocycles. The van der Waals surface area contributed by atoms with Crippen molar-refractivity contribution in [2.24, 2.45) is 0 Å². The number of rotatable bonds is 57. The molecular formula is C71H118O6. The summed E-state index contributed by atoms with van der Waals surface area (Å²) in [5.74, 6) is -0.967. The molecule has 0 rings (SSSR count). The van der Waals surface area contributed by atoms with Crippen LogP contribution < -0.4 is 0 Å². The fourth-order valence-electron chi connectivity index (χ4n) is 8.70. The van der Waals surface area contributed by atoms with E-state index in [0.29, 0.717) is 19.3 Å². The predicted octanol–water partition coefficient (Wildman–Crippen LogP) is 22.0. The second-order valence-electron chi connectivity index (χ2n) is 20.9. The van der Waals surface area contributed by atoms with E-state index in [1.165, 1.54) is 128 Å². The zero-order valence-electron chi connectivity index (χ0n) is 50.2. The molecule has 6 heteroatoms. The number of carbonyl (C=O) groups excluding carboxylic acids is 3. The fraction of sp³-hybridized carbons (Fsp3) is 0.676. The molecular weight excluding hydrogens is 949 g/mol. The van der Waals surface area contributed by atoms with E-state index in [1.54, 1.807) is 0 Å². The van der Waals surface area contributed by atoms with Crippen LogP contribution in [0.2, 0.25) is 0 Å². The summed E-state index contributed by atoms with van der Waals surface area (Å²) in [6.07, 6.45) is 89.3. The first-order valence-electron chi connectivity index (χ1n) is 32.0. The minimum absolute atomic E-state index is 0.104. The second kappa shape index (κ2) is 64.3.